The molecule has 17 heavy (non-hydrogen) atoms. The molecule has 4 heteroatoms. The molecule has 0 heterocycles. The number of carbonyl (C=O) groups excluding carboxylic acids is 1. The summed E-state index contributed by atoms with van der Waals surface area (Å²) in [6.45, 7) is 11.2. The molecule has 0 radical (unpaired) electrons. The van der Waals surface area contributed by atoms with Gasteiger partial charge < -0.3 is 11.1 Å². The van der Waals surface area contributed by atoms with Crippen LogP contribution in [0.2, 0.25) is 0 Å². The van der Waals surface area contributed by atoms with Gasteiger partial charge in [0.25, 0.3) is 0 Å². The molecule has 0 aromatic heterocycles. The second-order valence-corrected chi connectivity index (χ2v) is 6.58. The third-order valence-corrected chi connectivity index (χ3v) is 3.95. The first-order valence-electron chi connectivity index (χ1n) is 6.22. The van der Waals surface area contributed by atoms with Crippen LogP contribution in [-0.4, -0.2) is 18.5 Å². The van der Waals surface area contributed by atoms with Crippen LogP contribution in [-0.2, 0) is 4.79 Å². The van der Waals surface area contributed by atoms with Crippen LogP contribution in [0.4, 0.5) is 0 Å². The average molecular weight is 263 g/mol. The molecular weight excluding hydrogens is 236 g/mol. The maximum absolute atomic E-state index is 11.9. The molecule has 1 saturated carbocycles. The minimum absolute atomic E-state index is 0. The lowest BCUT2D eigenvalue weighted by Gasteiger charge is -2.27. The third kappa shape index (κ3) is 4.14. The van der Waals surface area contributed by atoms with Gasteiger partial charge in [-0.15, -0.1) is 12.4 Å². The highest BCUT2D eigenvalue weighted by molar-refractivity contribution is 5.85. The SMILES string of the molecule is CC(C)C1(CNC(=O)[C@@H](N)C(C)(C)C)CC1.Cl. The Bertz CT molecular complexity index is 267. The first-order valence-corrected chi connectivity index (χ1v) is 6.22. The summed E-state index contributed by atoms with van der Waals surface area (Å²) in [5.41, 5.74) is 6.09. The lowest BCUT2D eigenvalue weighted by Crippen LogP contribution is -2.50. The van der Waals surface area contributed by atoms with Crippen LogP contribution < -0.4 is 11.1 Å². The Morgan fingerprint density at radius 3 is 2.12 bits per heavy atom. The predicted octanol–water partition coefficient (Wildman–Crippen LogP) is 2.33. The van der Waals surface area contributed by atoms with Crippen LogP contribution in [0.15, 0.2) is 0 Å². The summed E-state index contributed by atoms with van der Waals surface area (Å²) >= 11 is 0. The van der Waals surface area contributed by atoms with E-state index in [0.717, 1.165) is 6.54 Å². The molecule has 1 amide bonds. The van der Waals surface area contributed by atoms with Crippen molar-refractivity contribution in [2.45, 2.75) is 53.5 Å². The van der Waals surface area contributed by atoms with Gasteiger partial charge >= 0.3 is 0 Å². The molecule has 102 valence electrons. The molecule has 0 unspecified atom stereocenters. The molecule has 3 N–H and O–H groups in total. The molecule has 0 saturated heterocycles. The van der Waals surface area contributed by atoms with E-state index in [1.807, 2.05) is 20.8 Å². The van der Waals surface area contributed by atoms with Gasteiger partial charge in [-0.1, -0.05) is 34.6 Å². The number of hydrogen-bond donors (Lipinski definition) is 2. The van der Waals surface area contributed by atoms with E-state index >= 15 is 0 Å². The standard InChI is InChI=1S/C13H26N2O.ClH/c1-9(2)13(6-7-13)8-15-11(16)10(14)12(3,4)5;/h9-10H,6-8,14H2,1-5H3,(H,15,16);1H/t10-;/m1./s1. The number of halogens is 1. The lowest BCUT2D eigenvalue weighted by molar-refractivity contribution is -0.124. The van der Waals surface area contributed by atoms with Crippen LogP contribution in [0.25, 0.3) is 0 Å². The molecule has 0 aliphatic heterocycles. The van der Waals surface area contributed by atoms with E-state index in [0.29, 0.717) is 11.3 Å². The predicted molar refractivity (Wildman–Crippen MR) is 74.2 cm³/mol. The largest absolute Gasteiger partial charge is 0.354 e. The average Bonchev–Trinajstić information content (AvgIpc) is 2.92. The molecule has 1 aliphatic rings. The summed E-state index contributed by atoms with van der Waals surface area (Å²) in [4.78, 5) is 11.9. The van der Waals surface area contributed by atoms with Gasteiger partial charge in [0.05, 0.1) is 6.04 Å². The van der Waals surface area contributed by atoms with Crippen molar-refractivity contribution in [3.05, 3.63) is 0 Å². The highest BCUT2D eigenvalue weighted by atomic mass is 35.5. The monoisotopic (exact) mass is 262 g/mol. The molecule has 0 aromatic rings. The Labute approximate surface area is 111 Å². The number of nitrogens with one attached hydrogen (secondary N) is 1. The molecule has 3 nitrogen and oxygen atoms in total. The number of hydrogen-bond acceptors (Lipinski definition) is 2. The second-order valence-electron chi connectivity index (χ2n) is 6.58. The molecule has 1 rings (SSSR count). The Hall–Kier alpha value is -0.280. The number of carbonyl (C=O) groups is 1. The van der Waals surface area contributed by atoms with Crippen LogP contribution >= 0.6 is 12.4 Å². The zero-order chi connectivity index (χ0) is 12.6. The van der Waals surface area contributed by atoms with Crippen molar-refractivity contribution >= 4 is 18.3 Å². The van der Waals surface area contributed by atoms with Gasteiger partial charge in [-0.3, -0.25) is 4.79 Å². The summed E-state index contributed by atoms with van der Waals surface area (Å²) in [6.07, 6.45) is 2.46. The van der Waals surface area contributed by atoms with Crippen molar-refractivity contribution in [2.75, 3.05) is 6.54 Å². The maximum Gasteiger partial charge on any atom is 0.237 e. The fourth-order valence-electron chi connectivity index (χ4n) is 1.89. The van der Waals surface area contributed by atoms with Crippen LogP contribution in [0.5, 0.6) is 0 Å². The summed E-state index contributed by atoms with van der Waals surface area (Å²) in [6, 6.07) is -0.421. The minimum Gasteiger partial charge on any atom is -0.354 e. The van der Waals surface area contributed by atoms with E-state index in [2.05, 4.69) is 19.2 Å². The fraction of sp³-hybridized carbons (Fsp3) is 0.923. The lowest BCUT2D eigenvalue weighted by atomic mass is 9.86. The van der Waals surface area contributed by atoms with Crippen LogP contribution in [0.3, 0.4) is 0 Å². The second kappa shape index (κ2) is 5.57. The molecule has 1 fully saturated rings. The Balaban J connectivity index is 0.00000256. The first-order chi connectivity index (χ1) is 7.19. The maximum atomic E-state index is 11.9. The van der Waals surface area contributed by atoms with Gasteiger partial charge in [-0.2, -0.15) is 0 Å². The normalized spacial score (nSPS) is 19.5. The molecule has 0 bridgehead atoms. The van der Waals surface area contributed by atoms with Crippen molar-refractivity contribution in [1.82, 2.24) is 5.32 Å². The van der Waals surface area contributed by atoms with E-state index in [-0.39, 0.29) is 23.7 Å². The van der Waals surface area contributed by atoms with Crippen molar-refractivity contribution in [3.63, 3.8) is 0 Å². The van der Waals surface area contributed by atoms with Crippen molar-refractivity contribution < 1.29 is 4.79 Å². The Morgan fingerprint density at radius 1 is 1.35 bits per heavy atom. The van der Waals surface area contributed by atoms with Crippen molar-refractivity contribution in [2.24, 2.45) is 22.5 Å². The van der Waals surface area contributed by atoms with E-state index in [4.69, 9.17) is 5.73 Å². The molecule has 1 atom stereocenters. The Kier molecular flexibility index (Phi) is 5.48. The van der Waals surface area contributed by atoms with Gasteiger partial charge in [0.1, 0.15) is 0 Å². The van der Waals surface area contributed by atoms with Crippen LogP contribution in [0.1, 0.15) is 47.5 Å². The number of amides is 1. The summed E-state index contributed by atoms with van der Waals surface area (Å²) in [7, 11) is 0. The molecular formula is C13H27ClN2O. The highest BCUT2D eigenvalue weighted by Gasteiger charge is 2.45. The van der Waals surface area contributed by atoms with Crippen LogP contribution in [0, 0.1) is 16.7 Å². The van der Waals surface area contributed by atoms with Gasteiger partial charge in [0.15, 0.2) is 0 Å². The zero-order valence-corrected chi connectivity index (χ0v) is 12.5. The fourth-order valence-corrected chi connectivity index (χ4v) is 1.89. The first kappa shape index (κ1) is 16.7. The van der Waals surface area contributed by atoms with Gasteiger partial charge in [-0.05, 0) is 29.6 Å². The van der Waals surface area contributed by atoms with Gasteiger partial charge in [0, 0.05) is 6.54 Å². The summed E-state index contributed by atoms with van der Waals surface area (Å²) in [5, 5.41) is 3.01. The van der Waals surface area contributed by atoms with E-state index in [1.165, 1.54) is 12.8 Å². The smallest absolute Gasteiger partial charge is 0.237 e. The molecule has 0 spiro atoms. The molecule has 0 aromatic carbocycles. The summed E-state index contributed by atoms with van der Waals surface area (Å²) < 4.78 is 0. The van der Waals surface area contributed by atoms with Crippen molar-refractivity contribution in [1.29, 1.82) is 0 Å². The van der Waals surface area contributed by atoms with E-state index < -0.39 is 6.04 Å². The topological polar surface area (TPSA) is 55.1 Å². The Morgan fingerprint density at radius 2 is 1.82 bits per heavy atom. The quantitative estimate of drug-likeness (QED) is 0.817. The zero-order valence-electron chi connectivity index (χ0n) is 11.7. The number of nitrogens with two attached hydrogens (primary N) is 1. The van der Waals surface area contributed by atoms with Gasteiger partial charge in [-0.25, -0.2) is 0 Å². The third-order valence-electron chi connectivity index (χ3n) is 3.95. The van der Waals surface area contributed by atoms with E-state index in [9.17, 15) is 4.79 Å². The highest BCUT2D eigenvalue weighted by Crippen LogP contribution is 2.51. The van der Waals surface area contributed by atoms with Gasteiger partial charge in [0.2, 0.25) is 5.91 Å². The summed E-state index contributed by atoms with van der Waals surface area (Å²) in [5.74, 6) is 0.623. The van der Waals surface area contributed by atoms with Crippen molar-refractivity contribution in [3.8, 4) is 0 Å². The minimum atomic E-state index is -0.421. The number of rotatable bonds is 4. The van der Waals surface area contributed by atoms with E-state index in [1.54, 1.807) is 0 Å². The molecule has 1 aliphatic carbocycles.